The number of carbonyl (C=O) groups excluding carboxylic acids is 1. The van der Waals surface area contributed by atoms with Crippen LogP contribution in [0, 0.1) is 17.0 Å². The molecule has 5 nitrogen and oxygen atoms in total. The van der Waals surface area contributed by atoms with Crippen LogP contribution in [0.5, 0.6) is 0 Å². The van der Waals surface area contributed by atoms with E-state index in [1.807, 2.05) is 0 Å². The Morgan fingerprint density at radius 3 is 2.50 bits per heavy atom. The minimum atomic E-state index is -0.527. The van der Waals surface area contributed by atoms with Crippen molar-refractivity contribution >= 4 is 17.2 Å². The van der Waals surface area contributed by atoms with Gasteiger partial charge in [-0.1, -0.05) is 0 Å². The fraction of sp³-hybridized carbons (Fsp3) is 0.222. The van der Waals surface area contributed by atoms with E-state index in [9.17, 15) is 14.9 Å². The van der Waals surface area contributed by atoms with Crippen molar-refractivity contribution in [2.24, 2.45) is 0 Å². The lowest BCUT2D eigenvalue weighted by Gasteiger charge is -2.05. The fourth-order valence-electron chi connectivity index (χ4n) is 1.39. The number of Topliss-reactive ketones (excluding diaryl/α,β-unsaturated/α-hetero) is 1. The molecule has 0 radical (unpaired) electrons. The van der Waals surface area contributed by atoms with Gasteiger partial charge in [0.15, 0.2) is 5.78 Å². The highest BCUT2D eigenvalue weighted by molar-refractivity contribution is 6.01. The van der Waals surface area contributed by atoms with Gasteiger partial charge in [-0.3, -0.25) is 14.9 Å². The molecule has 0 unspecified atom stereocenters. The van der Waals surface area contributed by atoms with E-state index in [-0.39, 0.29) is 22.7 Å². The molecule has 0 bridgehead atoms. The van der Waals surface area contributed by atoms with Gasteiger partial charge in [-0.05, 0) is 19.9 Å². The van der Waals surface area contributed by atoms with Crippen LogP contribution < -0.4 is 5.73 Å². The van der Waals surface area contributed by atoms with Gasteiger partial charge in [0.2, 0.25) is 0 Å². The Morgan fingerprint density at radius 1 is 1.50 bits per heavy atom. The molecule has 5 heteroatoms. The largest absolute Gasteiger partial charge is 0.398 e. The number of nitro groups is 1. The zero-order chi connectivity index (χ0) is 10.9. The molecule has 1 aromatic carbocycles. The SMILES string of the molecule is CC(=O)c1c(N)ccc([N+](=O)[O-])c1C. The molecule has 0 fully saturated rings. The van der Waals surface area contributed by atoms with E-state index in [0.717, 1.165) is 0 Å². The fourth-order valence-corrected chi connectivity index (χ4v) is 1.39. The van der Waals surface area contributed by atoms with Crippen molar-refractivity contribution in [3.05, 3.63) is 33.4 Å². The number of carbonyl (C=O) groups is 1. The minimum Gasteiger partial charge on any atom is -0.398 e. The van der Waals surface area contributed by atoms with Gasteiger partial charge in [0.1, 0.15) is 0 Å². The van der Waals surface area contributed by atoms with Gasteiger partial charge in [-0.2, -0.15) is 0 Å². The quantitative estimate of drug-likeness (QED) is 0.336. The molecular formula is C9H10N2O3. The maximum atomic E-state index is 11.2. The van der Waals surface area contributed by atoms with Crippen LogP contribution in [0.3, 0.4) is 0 Å². The Morgan fingerprint density at radius 2 is 2.07 bits per heavy atom. The highest BCUT2D eigenvalue weighted by atomic mass is 16.6. The average Bonchev–Trinajstić information content (AvgIpc) is 2.02. The molecule has 0 aromatic heterocycles. The second-order valence-corrected chi connectivity index (χ2v) is 2.99. The molecule has 74 valence electrons. The van der Waals surface area contributed by atoms with Crippen molar-refractivity contribution in [3.8, 4) is 0 Å². The Hall–Kier alpha value is -1.91. The molecule has 2 N–H and O–H groups in total. The van der Waals surface area contributed by atoms with E-state index in [2.05, 4.69) is 0 Å². The molecule has 0 saturated heterocycles. The normalized spacial score (nSPS) is 9.86. The summed E-state index contributed by atoms with van der Waals surface area (Å²) in [4.78, 5) is 21.2. The van der Waals surface area contributed by atoms with Gasteiger partial charge in [0.05, 0.1) is 4.92 Å². The zero-order valence-corrected chi connectivity index (χ0v) is 7.90. The minimum absolute atomic E-state index is 0.0793. The first-order valence-corrected chi connectivity index (χ1v) is 3.99. The highest BCUT2D eigenvalue weighted by Gasteiger charge is 2.18. The standard InChI is InChI=1S/C9H10N2O3/c1-5-8(11(13)14)4-3-7(10)9(5)6(2)12/h3-4H,10H2,1-2H3. The third kappa shape index (κ3) is 1.56. The molecule has 0 saturated carbocycles. The monoisotopic (exact) mass is 194 g/mol. The van der Waals surface area contributed by atoms with E-state index in [1.165, 1.54) is 26.0 Å². The van der Waals surface area contributed by atoms with Gasteiger partial charge < -0.3 is 5.73 Å². The predicted octanol–water partition coefficient (Wildman–Crippen LogP) is 1.69. The van der Waals surface area contributed by atoms with Crippen molar-refractivity contribution < 1.29 is 9.72 Å². The molecule has 0 atom stereocenters. The summed E-state index contributed by atoms with van der Waals surface area (Å²) in [6.45, 7) is 2.85. The molecular weight excluding hydrogens is 184 g/mol. The third-order valence-corrected chi connectivity index (χ3v) is 2.02. The van der Waals surface area contributed by atoms with E-state index in [1.54, 1.807) is 0 Å². The van der Waals surface area contributed by atoms with Gasteiger partial charge >= 0.3 is 0 Å². The zero-order valence-electron chi connectivity index (χ0n) is 7.90. The summed E-state index contributed by atoms with van der Waals surface area (Å²) in [7, 11) is 0. The molecule has 0 aliphatic carbocycles. The molecule has 1 rings (SSSR count). The smallest absolute Gasteiger partial charge is 0.273 e. The number of ketones is 1. The van der Waals surface area contributed by atoms with E-state index in [4.69, 9.17) is 5.73 Å². The van der Waals surface area contributed by atoms with Gasteiger partial charge in [0, 0.05) is 22.9 Å². The van der Waals surface area contributed by atoms with E-state index >= 15 is 0 Å². The van der Waals surface area contributed by atoms with Gasteiger partial charge in [-0.25, -0.2) is 0 Å². The van der Waals surface area contributed by atoms with Crippen LogP contribution in [-0.4, -0.2) is 10.7 Å². The van der Waals surface area contributed by atoms with Gasteiger partial charge in [0.25, 0.3) is 5.69 Å². The van der Waals surface area contributed by atoms with Crippen LogP contribution in [0.1, 0.15) is 22.8 Å². The number of anilines is 1. The Bertz CT molecular complexity index is 413. The number of hydrogen-bond donors (Lipinski definition) is 1. The van der Waals surface area contributed by atoms with Crippen molar-refractivity contribution in [3.63, 3.8) is 0 Å². The highest BCUT2D eigenvalue weighted by Crippen LogP contribution is 2.26. The maximum Gasteiger partial charge on any atom is 0.273 e. The first-order chi connectivity index (χ1) is 6.45. The number of nitro benzene ring substituents is 1. The topological polar surface area (TPSA) is 86.2 Å². The molecule has 0 aliphatic heterocycles. The van der Waals surface area contributed by atoms with Gasteiger partial charge in [-0.15, -0.1) is 0 Å². The lowest BCUT2D eigenvalue weighted by molar-refractivity contribution is -0.385. The third-order valence-electron chi connectivity index (χ3n) is 2.02. The number of hydrogen-bond acceptors (Lipinski definition) is 4. The molecule has 0 heterocycles. The summed E-state index contributed by atoms with van der Waals surface area (Å²) in [5, 5.41) is 10.6. The summed E-state index contributed by atoms with van der Waals surface area (Å²) in [5.74, 6) is -0.260. The first kappa shape index (κ1) is 10.2. The van der Waals surface area contributed by atoms with Crippen LogP contribution >= 0.6 is 0 Å². The van der Waals surface area contributed by atoms with Crippen molar-refractivity contribution in [2.45, 2.75) is 13.8 Å². The second kappa shape index (κ2) is 3.45. The Labute approximate surface area is 80.7 Å². The second-order valence-electron chi connectivity index (χ2n) is 2.99. The van der Waals surface area contributed by atoms with Crippen molar-refractivity contribution in [1.29, 1.82) is 0 Å². The number of nitrogens with two attached hydrogens (primary N) is 1. The molecule has 14 heavy (non-hydrogen) atoms. The van der Waals surface area contributed by atoms with Crippen molar-refractivity contribution in [1.82, 2.24) is 0 Å². The van der Waals surface area contributed by atoms with Crippen molar-refractivity contribution in [2.75, 3.05) is 5.73 Å². The number of nitrogens with zero attached hydrogens (tertiary/aromatic N) is 1. The molecule has 0 aliphatic rings. The number of nitrogen functional groups attached to an aromatic ring is 1. The summed E-state index contributed by atoms with van der Waals surface area (Å²) in [5.41, 5.74) is 6.30. The molecule has 0 amide bonds. The summed E-state index contributed by atoms with van der Waals surface area (Å²) >= 11 is 0. The summed E-state index contributed by atoms with van der Waals surface area (Å²) in [6.07, 6.45) is 0. The number of benzene rings is 1. The Balaban J connectivity index is 3.49. The van der Waals surface area contributed by atoms with Crippen LogP contribution in [0.25, 0.3) is 0 Å². The lowest BCUT2D eigenvalue weighted by Crippen LogP contribution is -2.05. The average molecular weight is 194 g/mol. The predicted molar refractivity (Wildman–Crippen MR) is 52.3 cm³/mol. The lowest BCUT2D eigenvalue weighted by atomic mass is 10.0. The summed E-state index contributed by atoms with van der Waals surface area (Å²) in [6, 6.07) is 2.68. The molecule has 0 spiro atoms. The van der Waals surface area contributed by atoms with Crippen LogP contribution in [-0.2, 0) is 0 Å². The maximum absolute atomic E-state index is 11.2. The van der Waals surface area contributed by atoms with E-state index < -0.39 is 4.92 Å². The summed E-state index contributed by atoms with van der Waals surface area (Å²) < 4.78 is 0. The van der Waals surface area contributed by atoms with E-state index in [0.29, 0.717) is 5.56 Å². The molecule has 1 aromatic rings. The first-order valence-electron chi connectivity index (χ1n) is 3.99. The van der Waals surface area contributed by atoms with Crippen LogP contribution in [0.4, 0.5) is 11.4 Å². The Kier molecular flexibility index (Phi) is 2.51. The van der Waals surface area contributed by atoms with Crippen LogP contribution in [0.15, 0.2) is 12.1 Å². The van der Waals surface area contributed by atoms with Crippen LogP contribution in [0.2, 0.25) is 0 Å². The number of rotatable bonds is 2.